The maximum atomic E-state index is 11.9. The largest absolute Gasteiger partial charge is 0.325 e. The van der Waals surface area contributed by atoms with Gasteiger partial charge in [0, 0.05) is 24.8 Å². The van der Waals surface area contributed by atoms with Gasteiger partial charge in [0.25, 0.3) is 5.69 Å². The highest BCUT2D eigenvalue weighted by Gasteiger charge is 2.18. The molecule has 2 amide bonds. The van der Waals surface area contributed by atoms with Crippen LogP contribution in [0.5, 0.6) is 0 Å². The summed E-state index contributed by atoms with van der Waals surface area (Å²) in [7, 11) is 0. The second-order valence-electron chi connectivity index (χ2n) is 4.40. The predicted octanol–water partition coefficient (Wildman–Crippen LogP) is 3.27. The van der Waals surface area contributed by atoms with E-state index in [9.17, 15) is 14.9 Å². The molecule has 19 heavy (non-hydrogen) atoms. The minimum absolute atomic E-state index is 0.0565. The number of urea groups is 1. The molecule has 0 aliphatic carbocycles. The normalized spacial score (nSPS) is 15.1. The highest BCUT2D eigenvalue weighted by atomic mass is 35.5. The number of nitro groups is 1. The summed E-state index contributed by atoms with van der Waals surface area (Å²) in [5.41, 5.74) is 0.171. The zero-order valence-electron chi connectivity index (χ0n) is 10.3. The first kappa shape index (κ1) is 13.6. The Balaban J connectivity index is 2.08. The third kappa shape index (κ3) is 3.35. The smallest absolute Gasteiger partial charge is 0.321 e. The van der Waals surface area contributed by atoms with Crippen molar-refractivity contribution in [2.75, 3.05) is 18.4 Å². The van der Waals surface area contributed by atoms with Crippen molar-refractivity contribution < 1.29 is 9.72 Å². The lowest BCUT2D eigenvalue weighted by Gasteiger charge is -2.26. The van der Waals surface area contributed by atoms with Gasteiger partial charge in [0.15, 0.2) is 0 Å². The van der Waals surface area contributed by atoms with E-state index < -0.39 is 4.92 Å². The minimum Gasteiger partial charge on any atom is -0.325 e. The number of halogens is 1. The van der Waals surface area contributed by atoms with Gasteiger partial charge in [-0.15, -0.1) is 0 Å². The number of hydrogen-bond acceptors (Lipinski definition) is 3. The third-order valence-corrected chi connectivity index (χ3v) is 3.36. The monoisotopic (exact) mass is 283 g/mol. The van der Waals surface area contributed by atoms with E-state index in [-0.39, 0.29) is 16.7 Å². The molecule has 1 N–H and O–H groups in total. The van der Waals surface area contributed by atoms with E-state index in [4.69, 9.17) is 11.6 Å². The maximum absolute atomic E-state index is 11.9. The quantitative estimate of drug-likeness (QED) is 0.668. The van der Waals surface area contributed by atoms with Crippen LogP contribution in [0.1, 0.15) is 19.3 Å². The van der Waals surface area contributed by atoms with Gasteiger partial charge >= 0.3 is 6.03 Å². The molecule has 1 saturated heterocycles. The van der Waals surface area contributed by atoms with Gasteiger partial charge in [-0.05, 0) is 31.4 Å². The first-order valence-corrected chi connectivity index (χ1v) is 6.45. The van der Waals surface area contributed by atoms with Crippen molar-refractivity contribution in [1.29, 1.82) is 0 Å². The number of nitrogens with one attached hydrogen (secondary N) is 1. The number of anilines is 1. The summed E-state index contributed by atoms with van der Waals surface area (Å²) < 4.78 is 0. The van der Waals surface area contributed by atoms with Gasteiger partial charge in [-0.2, -0.15) is 0 Å². The SMILES string of the molecule is O=C(Nc1ccc(Cl)c([N+](=O)[O-])c1)N1CCCCC1. The molecule has 1 aliphatic heterocycles. The maximum Gasteiger partial charge on any atom is 0.321 e. The molecular weight excluding hydrogens is 270 g/mol. The zero-order valence-corrected chi connectivity index (χ0v) is 11.0. The Morgan fingerprint density at radius 1 is 1.32 bits per heavy atom. The number of nitrogens with zero attached hydrogens (tertiary/aromatic N) is 2. The second-order valence-corrected chi connectivity index (χ2v) is 4.81. The second kappa shape index (κ2) is 5.88. The van der Waals surface area contributed by atoms with Crippen molar-refractivity contribution in [3.8, 4) is 0 Å². The molecule has 0 saturated carbocycles. The van der Waals surface area contributed by atoms with Crippen LogP contribution in [0.2, 0.25) is 5.02 Å². The third-order valence-electron chi connectivity index (χ3n) is 3.04. The van der Waals surface area contributed by atoms with E-state index in [0.29, 0.717) is 5.69 Å². The van der Waals surface area contributed by atoms with Gasteiger partial charge in [-0.3, -0.25) is 10.1 Å². The van der Waals surface area contributed by atoms with E-state index in [0.717, 1.165) is 32.4 Å². The Labute approximate surface area is 115 Å². The van der Waals surface area contributed by atoms with Crippen LogP contribution in [-0.4, -0.2) is 28.9 Å². The Hall–Kier alpha value is -1.82. The van der Waals surface area contributed by atoms with Gasteiger partial charge in [0.1, 0.15) is 5.02 Å². The highest BCUT2D eigenvalue weighted by molar-refractivity contribution is 6.32. The fourth-order valence-electron chi connectivity index (χ4n) is 2.03. The summed E-state index contributed by atoms with van der Waals surface area (Å²) >= 11 is 5.71. The lowest BCUT2D eigenvalue weighted by molar-refractivity contribution is -0.384. The zero-order chi connectivity index (χ0) is 13.8. The highest BCUT2D eigenvalue weighted by Crippen LogP contribution is 2.27. The molecule has 0 spiro atoms. The van der Waals surface area contributed by atoms with E-state index in [1.165, 1.54) is 12.1 Å². The molecule has 1 fully saturated rings. The number of hydrogen-bond donors (Lipinski definition) is 1. The van der Waals surface area contributed by atoms with Crippen LogP contribution in [0.15, 0.2) is 18.2 Å². The average molecular weight is 284 g/mol. The number of likely N-dealkylation sites (tertiary alicyclic amines) is 1. The Morgan fingerprint density at radius 3 is 2.63 bits per heavy atom. The van der Waals surface area contributed by atoms with Crippen molar-refractivity contribution in [3.05, 3.63) is 33.3 Å². The fourth-order valence-corrected chi connectivity index (χ4v) is 2.22. The number of benzene rings is 1. The molecule has 0 radical (unpaired) electrons. The molecule has 0 aromatic heterocycles. The summed E-state index contributed by atoms with van der Waals surface area (Å²) in [5, 5.41) is 13.5. The summed E-state index contributed by atoms with van der Waals surface area (Å²) in [5.74, 6) is 0. The molecule has 7 heteroatoms. The van der Waals surface area contributed by atoms with Gasteiger partial charge in [0.05, 0.1) is 4.92 Å². The molecule has 6 nitrogen and oxygen atoms in total. The van der Waals surface area contributed by atoms with Crippen molar-refractivity contribution in [2.24, 2.45) is 0 Å². The molecule has 0 unspecified atom stereocenters. The van der Waals surface area contributed by atoms with Gasteiger partial charge < -0.3 is 10.2 Å². The van der Waals surface area contributed by atoms with Crippen LogP contribution in [0.4, 0.5) is 16.2 Å². The molecular formula is C12H14ClN3O3. The molecule has 1 aromatic rings. The van der Waals surface area contributed by atoms with Crippen LogP contribution in [0.25, 0.3) is 0 Å². The Bertz CT molecular complexity index is 501. The average Bonchev–Trinajstić information content (AvgIpc) is 2.41. The van der Waals surface area contributed by atoms with E-state index in [1.54, 1.807) is 11.0 Å². The number of rotatable bonds is 2. The minimum atomic E-state index is -0.571. The van der Waals surface area contributed by atoms with Gasteiger partial charge in [-0.1, -0.05) is 11.6 Å². The van der Waals surface area contributed by atoms with E-state index >= 15 is 0 Å². The number of nitro benzene ring substituents is 1. The van der Waals surface area contributed by atoms with Crippen LogP contribution in [0, 0.1) is 10.1 Å². The van der Waals surface area contributed by atoms with Crippen molar-refractivity contribution in [3.63, 3.8) is 0 Å². The van der Waals surface area contributed by atoms with Crippen LogP contribution in [0.3, 0.4) is 0 Å². The van der Waals surface area contributed by atoms with E-state index in [1.807, 2.05) is 0 Å². The molecule has 1 aliphatic rings. The topological polar surface area (TPSA) is 75.5 Å². The number of carbonyl (C=O) groups is 1. The molecule has 1 heterocycles. The van der Waals surface area contributed by atoms with Gasteiger partial charge in [-0.25, -0.2) is 4.79 Å². The van der Waals surface area contributed by atoms with Crippen LogP contribution >= 0.6 is 11.6 Å². The molecule has 0 atom stereocenters. The van der Waals surface area contributed by atoms with Crippen molar-refractivity contribution in [2.45, 2.75) is 19.3 Å². The number of piperidine rings is 1. The summed E-state index contributed by atoms with van der Waals surface area (Å²) in [4.78, 5) is 23.8. The lowest BCUT2D eigenvalue weighted by Crippen LogP contribution is -2.38. The van der Waals surface area contributed by atoms with Gasteiger partial charge in [0.2, 0.25) is 0 Å². The first-order valence-electron chi connectivity index (χ1n) is 6.08. The number of amides is 2. The lowest BCUT2D eigenvalue weighted by atomic mass is 10.1. The van der Waals surface area contributed by atoms with Crippen molar-refractivity contribution in [1.82, 2.24) is 4.90 Å². The molecule has 1 aromatic carbocycles. The summed E-state index contributed by atoms with van der Waals surface area (Å²) in [6.07, 6.45) is 3.12. The Morgan fingerprint density at radius 2 is 2.00 bits per heavy atom. The van der Waals surface area contributed by atoms with Crippen LogP contribution < -0.4 is 5.32 Å². The molecule has 102 valence electrons. The van der Waals surface area contributed by atoms with E-state index in [2.05, 4.69) is 5.32 Å². The molecule has 0 bridgehead atoms. The number of carbonyl (C=O) groups excluding carboxylic acids is 1. The summed E-state index contributed by atoms with van der Waals surface area (Å²) in [6, 6.07) is 4.00. The van der Waals surface area contributed by atoms with Crippen LogP contribution in [-0.2, 0) is 0 Å². The standard InChI is InChI=1S/C12H14ClN3O3/c13-10-5-4-9(8-11(10)16(18)19)14-12(17)15-6-2-1-3-7-15/h4-5,8H,1-3,6-7H2,(H,14,17). The predicted molar refractivity (Wildman–Crippen MR) is 72.5 cm³/mol. The first-order chi connectivity index (χ1) is 9.08. The fraction of sp³-hybridized carbons (Fsp3) is 0.417. The Kier molecular flexibility index (Phi) is 4.21. The summed E-state index contributed by atoms with van der Waals surface area (Å²) in [6.45, 7) is 1.45. The molecule has 2 rings (SSSR count). The van der Waals surface area contributed by atoms with Crippen molar-refractivity contribution >= 4 is 29.0 Å².